The van der Waals surface area contributed by atoms with Crippen LogP contribution < -0.4 is 5.32 Å². The first-order valence-corrected chi connectivity index (χ1v) is 24.4. The van der Waals surface area contributed by atoms with Gasteiger partial charge < -0.3 is 48.1 Å². The summed E-state index contributed by atoms with van der Waals surface area (Å²) in [6.45, 7) is 11.0. The van der Waals surface area contributed by atoms with E-state index in [2.05, 4.69) is 51.2 Å². The third kappa shape index (κ3) is 10.6. The molecule has 354 valence electrons. The van der Waals surface area contributed by atoms with Crippen LogP contribution in [0, 0.1) is 41.4 Å². The number of hydrogen-bond acceptors (Lipinski definition) is 12. The maximum absolute atomic E-state index is 15.3. The lowest BCUT2D eigenvalue weighted by Crippen LogP contribution is -2.59. The Morgan fingerprint density at radius 2 is 1.59 bits per heavy atom. The molecule has 1 aromatic rings. The van der Waals surface area contributed by atoms with Crippen molar-refractivity contribution in [2.75, 3.05) is 35.4 Å². The Morgan fingerprint density at radius 1 is 0.857 bits per heavy atom. The van der Waals surface area contributed by atoms with Crippen molar-refractivity contribution in [3.63, 3.8) is 0 Å². The zero-order valence-corrected chi connectivity index (χ0v) is 40.6. The van der Waals surface area contributed by atoms with Crippen LogP contribution in [-0.4, -0.2) is 126 Å². The Bertz CT molecular complexity index is 1750. The van der Waals surface area contributed by atoms with Gasteiger partial charge in [-0.3, -0.25) is 9.59 Å². The van der Waals surface area contributed by atoms with Crippen molar-refractivity contribution in [2.45, 2.75) is 172 Å². The van der Waals surface area contributed by atoms with Crippen LogP contribution in [-0.2, 0) is 54.0 Å². The number of cyclic esters (lactones) is 1. The average Bonchev–Trinajstić information content (AvgIpc) is 3.84. The summed E-state index contributed by atoms with van der Waals surface area (Å²) in [6.07, 6.45) is 5.37. The van der Waals surface area contributed by atoms with E-state index in [1.54, 1.807) is 27.4 Å². The molecule has 5 fully saturated rings. The number of hydrogen-bond donors (Lipinski definition) is 1. The standard InChI is InChI=1S/C49H74Cl2N2O10/c1-11-31-13-12-14-40(63-42-18-17-39(53(6)7)27(4)59-42)26(3)45(55)37-22-35-34-21-32(62-49-48(58-10)47(57-9)46(56-8)28(5)60-49)20-33(34)25(2)44(43(35)36(37)23-41(54)61-31)52-24-29-19-30(50)15-16-38(29)51/h15-16,19,22,25-28,31-36,39-40,42-44,46-49,52H,11-14,17-18,20-21,23-24H2,1-10H3/t25-,26-,27?,28?,31+,32-,33+,34-,35+,36-,39+,40+,42+,43-,44+,46+,47?,48?,49+/m1/s1. The number of Topliss-reactive ketones (excluding diaryl/α,β-unsaturated/α-hetero) is 1. The van der Waals surface area contributed by atoms with Gasteiger partial charge in [-0.15, -0.1) is 0 Å². The van der Waals surface area contributed by atoms with E-state index in [9.17, 15) is 4.79 Å². The van der Waals surface area contributed by atoms with Crippen LogP contribution in [0.2, 0.25) is 10.0 Å². The highest BCUT2D eigenvalue weighted by Crippen LogP contribution is 2.59. The quantitative estimate of drug-likeness (QED) is 0.204. The lowest BCUT2D eigenvalue weighted by molar-refractivity contribution is -0.314. The van der Waals surface area contributed by atoms with Gasteiger partial charge in [0.1, 0.15) is 24.4 Å². The molecule has 19 atom stereocenters. The summed E-state index contributed by atoms with van der Waals surface area (Å²) in [5.41, 5.74) is 1.62. The molecule has 0 aromatic heterocycles. The summed E-state index contributed by atoms with van der Waals surface area (Å²) in [5.74, 6) is -0.450. The molecule has 3 aliphatic heterocycles. The van der Waals surface area contributed by atoms with E-state index >= 15 is 4.79 Å². The van der Waals surface area contributed by atoms with Crippen molar-refractivity contribution in [3.8, 4) is 0 Å². The lowest BCUT2D eigenvalue weighted by atomic mass is 9.59. The second kappa shape index (κ2) is 21.5. The fourth-order valence-corrected chi connectivity index (χ4v) is 13.0. The van der Waals surface area contributed by atoms with Gasteiger partial charge in [-0.2, -0.15) is 0 Å². The maximum Gasteiger partial charge on any atom is 0.306 e. The molecule has 0 spiro atoms. The molecule has 14 heteroatoms. The number of halogens is 2. The molecule has 1 aromatic carbocycles. The van der Waals surface area contributed by atoms with Gasteiger partial charge in [-0.25, -0.2) is 0 Å². The summed E-state index contributed by atoms with van der Waals surface area (Å²) < 4.78 is 50.6. The minimum absolute atomic E-state index is 0.00191. The van der Waals surface area contributed by atoms with Crippen molar-refractivity contribution < 1.29 is 47.5 Å². The van der Waals surface area contributed by atoms with Gasteiger partial charge in [0.25, 0.3) is 0 Å². The second-order valence-electron chi connectivity index (χ2n) is 19.6. The molecule has 4 unspecified atom stereocenters. The molecule has 3 aliphatic carbocycles. The molecule has 2 saturated carbocycles. The van der Waals surface area contributed by atoms with Gasteiger partial charge in [-0.05, 0) is 138 Å². The van der Waals surface area contributed by atoms with Crippen LogP contribution in [0.15, 0.2) is 29.8 Å². The Kier molecular flexibility index (Phi) is 16.8. The van der Waals surface area contributed by atoms with E-state index in [-0.39, 0.29) is 102 Å². The zero-order chi connectivity index (χ0) is 45.3. The first kappa shape index (κ1) is 49.2. The third-order valence-electron chi connectivity index (χ3n) is 15.9. The number of nitrogens with one attached hydrogen (secondary N) is 1. The highest BCUT2D eigenvalue weighted by atomic mass is 35.5. The Labute approximate surface area is 386 Å². The van der Waals surface area contributed by atoms with E-state index < -0.39 is 24.6 Å². The van der Waals surface area contributed by atoms with E-state index in [4.69, 9.17) is 61.1 Å². The lowest BCUT2D eigenvalue weighted by Gasteiger charge is -2.48. The van der Waals surface area contributed by atoms with Crippen molar-refractivity contribution in [2.24, 2.45) is 41.4 Å². The molecule has 1 N–H and O–H groups in total. The van der Waals surface area contributed by atoms with Gasteiger partial charge in [0.2, 0.25) is 0 Å². The molecule has 3 heterocycles. The maximum atomic E-state index is 15.3. The number of esters is 1. The fraction of sp³-hybridized carbons (Fsp3) is 0.796. The number of carbonyl (C=O) groups excluding carboxylic acids is 2. The average molecular weight is 922 g/mol. The number of fused-ring (bicyclic) bond motifs is 5. The van der Waals surface area contributed by atoms with Crippen LogP contribution in [0.25, 0.3) is 0 Å². The Hall–Kier alpha value is -1.68. The van der Waals surface area contributed by atoms with E-state index in [0.717, 1.165) is 49.7 Å². The number of ether oxygens (including phenoxy) is 8. The van der Waals surface area contributed by atoms with Crippen LogP contribution >= 0.6 is 23.2 Å². The number of benzene rings is 1. The number of allylic oxidation sites excluding steroid dienone is 2. The van der Waals surface area contributed by atoms with Crippen molar-refractivity contribution in [1.82, 2.24) is 10.2 Å². The molecule has 6 aliphatic rings. The first-order valence-electron chi connectivity index (χ1n) is 23.7. The first-order chi connectivity index (χ1) is 30.2. The predicted molar refractivity (Wildman–Crippen MR) is 241 cm³/mol. The monoisotopic (exact) mass is 920 g/mol. The normalized spacial score (nSPS) is 42.4. The summed E-state index contributed by atoms with van der Waals surface area (Å²) in [4.78, 5) is 31.6. The number of methoxy groups -OCH3 is 3. The van der Waals surface area contributed by atoms with Crippen molar-refractivity contribution >= 4 is 35.0 Å². The number of nitrogens with zero attached hydrogens (tertiary/aromatic N) is 1. The van der Waals surface area contributed by atoms with Crippen molar-refractivity contribution in [3.05, 3.63) is 45.5 Å². The van der Waals surface area contributed by atoms with Gasteiger partial charge in [-0.1, -0.05) is 50.0 Å². The van der Waals surface area contributed by atoms with E-state index in [0.29, 0.717) is 35.5 Å². The molecule has 0 radical (unpaired) electrons. The Balaban J connectivity index is 1.21. The molecule has 63 heavy (non-hydrogen) atoms. The van der Waals surface area contributed by atoms with Crippen LogP contribution in [0.1, 0.15) is 98.0 Å². The van der Waals surface area contributed by atoms with Crippen molar-refractivity contribution in [1.29, 1.82) is 0 Å². The fourth-order valence-electron chi connectivity index (χ4n) is 12.6. The predicted octanol–water partition coefficient (Wildman–Crippen LogP) is 8.03. The van der Waals surface area contributed by atoms with Gasteiger partial charge >= 0.3 is 5.97 Å². The van der Waals surface area contributed by atoms with Gasteiger partial charge in [0, 0.05) is 61.8 Å². The molecule has 7 rings (SSSR count). The van der Waals surface area contributed by atoms with Gasteiger partial charge in [0.15, 0.2) is 18.4 Å². The van der Waals surface area contributed by atoms with Crippen LogP contribution in [0.3, 0.4) is 0 Å². The molecule has 0 amide bonds. The minimum atomic E-state index is -0.654. The number of ketones is 1. The number of carbonyl (C=O) groups is 2. The van der Waals surface area contributed by atoms with Gasteiger partial charge in [0.05, 0.1) is 30.8 Å². The van der Waals surface area contributed by atoms with Crippen LogP contribution in [0.5, 0.6) is 0 Å². The summed E-state index contributed by atoms with van der Waals surface area (Å²) in [5, 5.41) is 5.19. The molecular weight excluding hydrogens is 847 g/mol. The largest absolute Gasteiger partial charge is 0.462 e. The summed E-state index contributed by atoms with van der Waals surface area (Å²) in [6, 6.07) is 5.77. The highest BCUT2D eigenvalue weighted by Gasteiger charge is 2.59. The number of likely N-dealkylation sites (N-methyl/N-ethyl adjacent to an activating group) is 1. The third-order valence-corrected chi connectivity index (χ3v) is 16.5. The topological polar surface area (TPSA) is 123 Å². The summed E-state index contributed by atoms with van der Waals surface area (Å²) >= 11 is 13.2. The zero-order valence-electron chi connectivity index (χ0n) is 39.1. The highest BCUT2D eigenvalue weighted by molar-refractivity contribution is 6.33. The second-order valence-corrected chi connectivity index (χ2v) is 20.5. The minimum Gasteiger partial charge on any atom is -0.462 e. The smallest absolute Gasteiger partial charge is 0.306 e. The SMILES string of the molecule is CC[C@H]1CCC[C@H](O[C@H]2CC[C@H](N(C)C)C(C)O2)[C@@H](C)C(=O)C2=C[C@H]3[C@@H]4C[C@H](O[C@@H]5OC(C)[C@H](OC)C(OC)C5OC)C[C@H]4[C@@H](C)[C@H](NCc4cc(Cl)ccc4Cl)[C@H]3[C@@H]2CC(=O)O1. The van der Waals surface area contributed by atoms with E-state index in [1.807, 2.05) is 26.0 Å². The van der Waals surface area contributed by atoms with Crippen LogP contribution in [0.4, 0.5) is 0 Å². The molecular formula is C49H74Cl2N2O10. The molecule has 12 nitrogen and oxygen atoms in total. The summed E-state index contributed by atoms with van der Waals surface area (Å²) in [7, 11) is 9.15. The molecule has 0 bridgehead atoms. The van der Waals surface area contributed by atoms with E-state index in [1.165, 1.54) is 0 Å². The number of rotatable bonds is 12. The Morgan fingerprint density at radius 3 is 2.27 bits per heavy atom. The molecule has 3 saturated heterocycles.